The first kappa shape index (κ1) is 18.3. The maximum Gasteiger partial charge on any atom is 0.279 e. The topological polar surface area (TPSA) is 47.2 Å². The first-order valence-electron chi connectivity index (χ1n) is 9.55. The number of hydrogen-bond donors (Lipinski definition) is 0. The summed E-state index contributed by atoms with van der Waals surface area (Å²) in [5, 5.41) is 3.20. The molecule has 0 fully saturated rings. The molecule has 5 rings (SSSR count). The molecule has 144 valence electrons. The first-order valence-corrected chi connectivity index (χ1v) is 10.4. The largest absolute Gasteiger partial charge is 0.305 e. The number of terminal acetylenes is 1. The maximum atomic E-state index is 13.0. The number of pyridine rings is 1. The van der Waals surface area contributed by atoms with Gasteiger partial charge in [-0.2, -0.15) is 4.99 Å². The number of rotatable bonds is 2. The molecule has 0 aliphatic rings. The Hall–Kier alpha value is -3.75. The second kappa shape index (κ2) is 7.25. The summed E-state index contributed by atoms with van der Waals surface area (Å²) >= 11 is 1.49. The summed E-state index contributed by atoms with van der Waals surface area (Å²) in [6.45, 7) is 2.30. The minimum atomic E-state index is -0.292. The Kier molecular flexibility index (Phi) is 4.42. The summed E-state index contributed by atoms with van der Waals surface area (Å²) in [5.74, 6) is 2.39. The first-order chi connectivity index (χ1) is 14.6. The predicted octanol–water partition coefficient (Wildman–Crippen LogP) is 5.09. The third-order valence-corrected chi connectivity index (χ3v) is 6.22. The van der Waals surface area contributed by atoms with E-state index in [1.165, 1.54) is 11.3 Å². The zero-order valence-electron chi connectivity index (χ0n) is 16.3. The number of nitrogens with zero attached hydrogens (tertiary/aromatic N) is 3. The zero-order valence-corrected chi connectivity index (χ0v) is 17.1. The van der Waals surface area contributed by atoms with Crippen molar-refractivity contribution in [1.29, 1.82) is 0 Å². The fraction of sp³-hybridized carbons (Fsp3) is 0.0800. The van der Waals surface area contributed by atoms with Crippen LogP contribution in [0, 0.1) is 19.3 Å². The third kappa shape index (κ3) is 3.08. The van der Waals surface area contributed by atoms with Crippen LogP contribution in [0.3, 0.4) is 0 Å². The second-order valence-corrected chi connectivity index (χ2v) is 8.06. The molecule has 0 aliphatic carbocycles. The molecule has 0 radical (unpaired) electrons. The van der Waals surface area contributed by atoms with E-state index >= 15 is 0 Å². The Morgan fingerprint density at radius 3 is 2.80 bits per heavy atom. The lowest BCUT2D eigenvalue weighted by molar-refractivity contribution is 0.0998. The van der Waals surface area contributed by atoms with Crippen LogP contribution in [0.25, 0.3) is 31.9 Å². The lowest BCUT2D eigenvalue weighted by Crippen LogP contribution is -2.16. The molecule has 5 heteroatoms. The van der Waals surface area contributed by atoms with E-state index in [-0.39, 0.29) is 5.91 Å². The number of thiazole rings is 1. The Morgan fingerprint density at radius 1 is 1.10 bits per heavy atom. The van der Waals surface area contributed by atoms with Gasteiger partial charge in [0, 0.05) is 22.0 Å². The number of aromatic nitrogens is 2. The van der Waals surface area contributed by atoms with Gasteiger partial charge in [0.2, 0.25) is 0 Å². The van der Waals surface area contributed by atoms with Crippen LogP contribution in [0.15, 0.2) is 71.7 Å². The number of carbonyl (C=O) groups excluding carboxylic acids is 1. The van der Waals surface area contributed by atoms with E-state index < -0.39 is 0 Å². The number of aryl methyl sites for hydroxylation is 1. The molecule has 0 unspecified atom stereocenters. The number of fused-ring (bicyclic) bond motifs is 4. The van der Waals surface area contributed by atoms with E-state index in [2.05, 4.69) is 34.1 Å². The summed E-state index contributed by atoms with van der Waals surface area (Å²) in [6, 6.07) is 21.7. The van der Waals surface area contributed by atoms with Crippen LogP contribution in [0.2, 0.25) is 0 Å². The van der Waals surface area contributed by atoms with Crippen molar-refractivity contribution in [2.45, 2.75) is 13.5 Å². The fourth-order valence-electron chi connectivity index (χ4n) is 3.64. The van der Waals surface area contributed by atoms with Gasteiger partial charge in [0.15, 0.2) is 4.80 Å². The zero-order chi connectivity index (χ0) is 20.7. The van der Waals surface area contributed by atoms with Crippen LogP contribution in [-0.2, 0) is 6.54 Å². The molecule has 0 aliphatic heterocycles. The van der Waals surface area contributed by atoms with Crippen molar-refractivity contribution >= 4 is 49.1 Å². The van der Waals surface area contributed by atoms with E-state index in [1.54, 1.807) is 6.07 Å². The van der Waals surface area contributed by atoms with Gasteiger partial charge in [-0.1, -0.05) is 53.7 Å². The number of benzene rings is 3. The van der Waals surface area contributed by atoms with Gasteiger partial charge in [0.1, 0.15) is 0 Å². The normalized spacial score (nSPS) is 11.9. The lowest BCUT2D eigenvalue weighted by atomic mass is 10.1. The summed E-state index contributed by atoms with van der Waals surface area (Å²) in [4.78, 5) is 22.5. The SMILES string of the molecule is C#CCn1c(=NC(=O)c2ccc3nc(C)ccc3c2)sc2c3ccccc3ccc21. The highest BCUT2D eigenvalue weighted by Crippen LogP contribution is 2.27. The van der Waals surface area contributed by atoms with Gasteiger partial charge >= 0.3 is 0 Å². The van der Waals surface area contributed by atoms with E-state index in [0.717, 1.165) is 37.6 Å². The molecule has 0 spiro atoms. The highest BCUT2D eigenvalue weighted by Gasteiger charge is 2.12. The Morgan fingerprint density at radius 2 is 1.93 bits per heavy atom. The van der Waals surface area contributed by atoms with E-state index in [1.807, 2.05) is 54.0 Å². The van der Waals surface area contributed by atoms with E-state index in [4.69, 9.17) is 6.42 Å². The Balaban J connectivity index is 1.68. The molecule has 0 saturated carbocycles. The van der Waals surface area contributed by atoms with Crippen LogP contribution in [0.4, 0.5) is 0 Å². The summed E-state index contributed by atoms with van der Waals surface area (Å²) in [7, 11) is 0. The van der Waals surface area contributed by atoms with Crippen molar-refractivity contribution < 1.29 is 4.79 Å². The summed E-state index contributed by atoms with van der Waals surface area (Å²) in [6.07, 6.45) is 5.61. The van der Waals surface area contributed by atoms with Crippen LogP contribution in [-0.4, -0.2) is 15.5 Å². The van der Waals surface area contributed by atoms with Gasteiger partial charge < -0.3 is 4.57 Å². The van der Waals surface area contributed by atoms with Crippen LogP contribution in [0.1, 0.15) is 16.1 Å². The molecule has 2 aromatic heterocycles. The summed E-state index contributed by atoms with van der Waals surface area (Å²) in [5.41, 5.74) is 3.32. The molecular weight excluding hydrogens is 390 g/mol. The van der Waals surface area contributed by atoms with Gasteiger partial charge in [-0.15, -0.1) is 6.42 Å². The molecule has 0 bridgehead atoms. The molecule has 0 N–H and O–H groups in total. The number of carbonyl (C=O) groups is 1. The maximum absolute atomic E-state index is 13.0. The van der Waals surface area contributed by atoms with E-state index in [9.17, 15) is 4.79 Å². The highest BCUT2D eigenvalue weighted by molar-refractivity contribution is 7.17. The standard InChI is InChI=1S/C25H17N3OS/c1-3-14-28-22-13-11-17-6-4-5-7-20(17)23(22)30-25(28)27-24(29)19-10-12-21-18(15-19)9-8-16(2)26-21/h1,4-13,15H,14H2,2H3. The minimum Gasteiger partial charge on any atom is -0.305 e. The van der Waals surface area contributed by atoms with Gasteiger partial charge in [0.05, 0.1) is 22.3 Å². The van der Waals surface area contributed by atoms with Crippen molar-refractivity contribution in [3.8, 4) is 12.3 Å². The quantitative estimate of drug-likeness (QED) is 0.383. The molecule has 5 aromatic rings. The molecule has 3 aromatic carbocycles. The number of hydrogen-bond acceptors (Lipinski definition) is 3. The average molecular weight is 407 g/mol. The monoisotopic (exact) mass is 407 g/mol. The lowest BCUT2D eigenvalue weighted by Gasteiger charge is -2.02. The number of amides is 1. The minimum absolute atomic E-state index is 0.292. The van der Waals surface area contributed by atoms with Crippen LogP contribution in [0.5, 0.6) is 0 Å². The molecule has 30 heavy (non-hydrogen) atoms. The van der Waals surface area contributed by atoms with Crippen LogP contribution < -0.4 is 4.80 Å². The van der Waals surface area contributed by atoms with Crippen molar-refractivity contribution in [1.82, 2.24) is 9.55 Å². The average Bonchev–Trinajstić information content (AvgIpc) is 3.11. The molecule has 0 saturated heterocycles. The second-order valence-electron chi connectivity index (χ2n) is 7.09. The third-order valence-electron chi connectivity index (χ3n) is 5.10. The Labute approximate surface area is 177 Å². The van der Waals surface area contributed by atoms with Crippen molar-refractivity contribution in [3.63, 3.8) is 0 Å². The summed E-state index contributed by atoms with van der Waals surface area (Å²) < 4.78 is 3.00. The van der Waals surface area contributed by atoms with Crippen molar-refractivity contribution in [2.24, 2.45) is 4.99 Å². The molecule has 4 nitrogen and oxygen atoms in total. The van der Waals surface area contributed by atoms with E-state index in [0.29, 0.717) is 16.9 Å². The van der Waals surface area contributed by atoms with Gasteiger partial charge in [-0.3, -0.25) is 9.78 Å². The Bertz CT molecular complexity index is 1570. The highest BCUT2D eigenvalue weighted by atomic mass is 32.1. The molecule has 1 amide bonds. The molecular formula is C25H17N3OS. The predicted molar refractivity (Wildman–Crippen MR) is 123 cm³/mol. The van der Waals surface area contributed by atoms with Crippen LogP contribution >= 0.6 is 11.3 Å². The molecule has 2 heterocycles. The smallest absolute Gasteiger partial charge is 0.279 e. The van der Waals surface area contributed by atoms with Gasteiger partial charge in [0.25, 0.3) is 5.91 Å². The van der Waals surface area contributed by atoms with Gasteiger partial charge in [-0.05, 0) is 42.6 Å². The van der Waals surface area contributed by atoms with Gasteiger partial charge in [-0.25, -0.2) is 0 Å². The van der Waals surface area contributed by atoms with Crippen molar-refractivity contribution in [3.05, 3.63) is 82.8 Å². The molecule has 0 atom stereocenters. The fourth-order valence-corrected chi connectivity index (χ4v) is 4.80. The van der Waals surface area contributed by atoms with Crippen molar-refractivity contribution in [2.75, 3.05) is 0 Å².